The third kappa shape index (κ3) is 4.31. The summed E-state index contributed by atoms with van der Waals surface area (Å²) in [5, 5.41) is 9.35. The molecule has 0 saturated heterocycles. The minimum absolute atomic E-state index is 0.145. The van der Waals surface area contributed by atoms with E-state index in [1.807, 2.05) is 25.1 Å². The predicted octanol–water partition coefficient (Wildman–Crippen LogP) is 3.22. The molecule has 0 spiro atoms. The zero-order valence-corrected chi connectivity index (χ0v) is 12.3. The minimum atomic E-state index is 0.145. The second-order valence-corrected chi connectivity index (χ2v) is 4.43. The van der Waals surface area contributed by atoms with Crippen molar-refractivity contribution in [2.24, 2.45) is 0 Å². The normalized spacial score (nSPS) is 10.2. The minimum Gasteiger partial charge on any atom is -0.508 e. The van der Waals surface area contributed by atoms with Crippen molar-refractivity contribution in [3.63, 3.8) is 0 Å². The average Bonchev–Trinajstić information content (AvgIpc) is 2.49. The number of methoxy groups -OCH3 is 1. The summed E-state index contributed by atoms with van der Waals surface area (Å²) >= 11 is 0. The summed E-state index contributed by atoms with van der Waals surface area (Å²) in [6.45, 7) is 3.06. The van der Waals surface area contributed by atoms with Gasteiger partial charge in [-0.05, 0) is 36.8 Å². The SMILES string of the molecule is CCOc1ccc(CCOc2c[c]cc(O)c2)c(OC)c1. The van der Waals surface area contributed by atoms with Gasteiger partial charge in [-0.15, -0.1) is 0 Å². The maximum Gasteiger partial charge on any atom is 0.125 e. The number of ether oxygens (including phenoxy) is 3. The molecule has 1 N–H and O–H groups in total. The number of aromatic hydroxyl groups is 1. The fourth-order valence-corrected chi connectivity index (χ4v) is 1.99. The maximum absolute atomic E-state index is 9.35. The Morgan fingerprint density at radius 3 is 2.67 bits per heavy atom. The van der Waals surface area contributed by atoms with Crippen LogP contribution in [-0.2, 0) is 6.42 Å². The molecular formula is C17H19O4. The first kappa shape index (κ1) is 15.0. The average molecular weight is 287 g/mol. The first-order valence-electron chi connectivity index (χ1n) is 6.85. The van der Waals surface area contributed by atoms with Gasteiger partial charge in [-0.3, -0.25) is 0 Å². The van der Waals surface area contributed by atoms with Gasteiger partial charge in [-0.1, -0.05) is 6.07 Å². The van der Waals surface area contributed by atoms with E-state index in [1.54, 1.807) is 19.2 Å². The van der Waals surface area contributed by atoms with Crippen LogP contribution >= 0.6 is 0 Å². The van der Waals surface area contributed by atoms with Gasteiger partial charge in [0.15, 0.2) is 0 Å². The lowest BCUT2D eigenvalue weighted by molar-refractivity contribution is 0.314. The molecule has 0 aromatic heterocycles. The Morgan fingerprint density at radius 1 is 1.10 bits per heavy atom. The molecule has 2 aromatic carbocycles. The van der Waals surface area contributed by atoms with Crippen LogP contribution in [0.15, 0.2) is 36.4 Å². The molecular weight excluding hydrogens is 268 g/mol. The van der Waals surface area contributed by atoms with Gasteiger partial charge in [0.1, 0.15) is 23.0 Å². The summed E-state index contributed by atoms with van der Waals surface area (Å²) in [7, 11) is 1.64. The van der Waals surface area contributed by atoms with Crippen LogP contribution in [-0.4, -0.2) is 25.4 Å². The summed E-state index contributed by atoms with van der Waals surface area (Å²) < 4.78 is 16.4. The predicted molar refractivity (Wildman–Crippen MR) is 80.3 cm³/mol. The molecule has 2 aromatic rings. The summed E-state index contributed by atoms with van der Waals surface area (Å²) in [6.07, 6.45) is 0.700. The summed E-state index contributed by atoms with van der Waals surface area (Å²) in [4.78, 5) is 0. The fraction of sp³-hybridized carbons (Fsp3) is 0.294. The number of hydrogen-bond donors (Lipinski definition) is 1. The first-order chi connectivity index (χ1) is 10.2. The third-order valence-electron chi connectivity index (χ3n) is 2.96. The molecule has 0 heterocycles. The Balaban J connectivity index is 1.96. The number of rotatable bonds is 7. The van der Waals surface area contributed by atoms with Crippen LogP contribution in [0.2, 0.25) is 0 Å². The van der Waals surface area contributed by atoms with Crippen LogP contribution in [0.5, 0.6) is 23.0 Å². The van der Waals surface area contributed by atoms with E-state index in [2.05, 4.69) is 6.07 Å². The van der Waals surface area contributed by atoms with Crippen LogP contribution in [0.3, 0.4) is 0 Å². The van der Waals surface area contributed by atoms with E-state index < -0.39 is 0 Å². The molecule has 1 radical (unpaired) electrons. The number of phenols is 1. The topological polar surface area (TPSA) is 47.9 Å². The van der Waals surface area contributed by atoms with Gasteiger partial charge < -0.3 is 19.3 Å². The summed E-state index contributed by atoms with van der Waals surface area (Å²) in [6, 6.07) is 13.3. The third-order valence-corrected chi connectivity index (χ3v) is 2.96. The molecule has 0 aliphatic heterocycles. The van der Waals surface area contributed by atoms with E-state index >= 15 is 0 Å². The molecule has 2 rings (SSSR count). The Bertz CT molecular complexity index is 581. The van der Waals surface area contributed by atoms with Crippen molar-refractivity contribution < 1.29 is 19.3 Å². The van der Waals surface area contributed by atoms with E-state index in [0.29, 0.717) is 25.4 Å². The molecule has 0 atom stereocenters. The highest BCUT2D eigenvalue weighted by Gasteiger charge is 2.06. The summed E-state index contributed by atoms with van der Waals surface area (Å²) in [5.41, 5.74) is 1.05. The monoisotopic (exact) mass is 287 g/mol. The highest BCUT2D eigenvalue weighted by molar-refractivity contribution is 5.41. The molecule has 111 valence electrons. The van der Waals surface area contributed by atoms with Gasteiger partial charge in [0.25, 0.3) is 0 Å². The van der Waals surface area contributed by atoms with Crippen molar-refractivity contribution in [3.05, 3.63) is 48.0 Å². The van der Waals surface area contributed by atoms with Gasteiger partial charge in [0.05, 0.1) is 20.3 Å². The zero-order chi connectivity index (χ0) is 15.1. The van der Waals surface area contributed by atoms with Gasteiger partial charge >= 0.3 is 0 Å². The molecule has 0 bridgehead atoms. The van der Waals surface area contributed by atoms with Crippen molar-refractivity contribution in [3.8, 4) is 23.0 Å². The highest BCUT2D eigenvalue weighted by Crippen LogP contribution is 2.25. The van der Waals surface area contributed by atoms with Crippen LogP contribution < -0.4 is 14.2 Å². The number of phenolic OH excluding ortho intramolecular Hbond substituents is 1. The van der Waals surface area contributed by atoms with Crippen LogP contribution in [0.1, 0.15) is 12.5 Å². The van der Waals surface area contributed by atoms with Crippen LogP contribution in [0, 0.1) is 6.07 Å². The molecule has 0 aliphatic carbocycles. The zero-order valence-electron chi connectivity index (χ0n) is 12.3. The quantitative estimate of drug-likeness (QED) is 0.849. The smallest absolute Gasteiger partial charge is 0.125 e. The Labute approximate surface area is 124 Å². The van der Waals surface area contributed by atoms with Gasteiger partial charge in [-0.25, -0.2) is 0 Å². The van der Waals surface area contributed by atoms with Gasteiger partial charge in [0, 0.05) is 18.6 Å². The molecule has 4 nitrogen and oxygen atoms in total. The number of benzene rings is 2. The van der Waals surface area contributed by atoms with E-state index in [1.165, 1.54) is 6.07 Å². The lowest BCUT2D eigenvalue weighted by atomic mass is 10.1. The highest BCUT2D eigenvalue weighted by atomic mass is 16.5. The molecule has 0 unspecified atom stereocenters. The lowest BCUT2D eigenvalue weighted by Gasteiger charge is -2.12. The number of hydrogen-bond acceptors (Lipinski definition) is 4. The molecule has 4 heteroatoms. The maximum atomic E-state index is 9.35. The largest absolute Gasteiger partial charge is 0.508 e. The molecule has 0 aliphatic rings. The van der Waals surface area contributed by atoms with E-state index in [0.717, 1.165) is 17.1 Å². The van der Waals surface area contributed by atoms with Crippen LogP contribution in [0.25, 0.3) is 0 Å². The van der Waals surface area contributed by atoms with Crippen molar-refractivity contribution in [2.45, 2.75) is 13.3 Å². The Morgan fingerprint density at radius 2 is 1.95 bits per heavy atom. The standard InChI is InChI=1S/C17H19O4/c1-3-20-16-8-7-13(17(12-16)19-2)9-10-21-15-6-4-5-14(18)11-15/h5-8,11-12,18H,3,9-10H2,1-2H3. The van der Waals surface area contributed by atoms with Gasteiger partial charge in [-0.2, -0.15) is 0 Å². The van der Waals surface area contributed by atoms with Crippen molar-refractivity contribution in [1.29, 1.82) is 0 Å². The van der Waals surface area contributed by atoms with Gasteiger partial charge in [0.2, 0.25) is 0 Å². The summed E-state index contributed by atoms with van der Waals surface area (Å²) in [5.74, 6) is 2.32. The second kappa shape index (κ2) is 7.43. The molecule has 0 saturated carbocycles. The van der Waals surface area contributed by atoms with E-state index in [-0.39, 0.29) is 5.75 Å². The first-order valence-corrected chi connectivity index (χ1v) is 6.85. The van der Waals surface area contributed by atoms with Crippen molar-refractivity contribution >= 4 is 0 Å². The second-order valence-electron chi connectivity index (χ2n) is 4.43. The van der Waals surface area contributed by atoms with Crippen molar-refractivity contribution in [2.75, 3.05) is 20.3 Å². The van der Waals surface area contributed by atoms with E-state index in [4.69, 9.17) is 14.2 Å². The Kier molecular flexibility index (Phi) is 5.32. The van der Waals surface area contributed by atoms with Crippen molar-refractivity contribution in [1.82, 2.24) is 0 Å². The molecule has 21 heavy (non-hydrogen) atoms. The molecule has 0 amide bonds. The fourth-order valence-electron chi connectivity index (χ4n) is 1.99. The lowest BCUT2D eigenvalue weighted by Crippen LogP contribution is -2.03. The van der Waals surface area contributed by atoms with E-state index in [9.17, 15) is 5.11 Å². The molecule has 0 fully saturated rings. The van der Waals surface area contributed by atoms with Crippen LogP contribution in [0.4, 0.5) is 0 Å². The Hall–Kier alpha value is -2.36.